The van der Waals surface area contributed by atoms with Gasteiger partial charge in [0, 0.05) is 6.54 Å². The zero-order chi connectivity index (χ0) is 20.6. The Hall–Kier alpha value is -2.12. The van der Waals surface area contributed by atoms with Crippen LogP contribution in [-0.4, -0.2) is 53.3 Å². The van der Waals surface area contributed by atoms with Gasteiger partial charge in [-0.3, -0.25) is 0 Å². The highest BCUT2D eigenvalue weighted by Crippen LogP contribution is 2.36. The molecule has 13 heteroatoms. The molecule has 31 heavy (non-hydrogen) atoms. The van der Waals surface area contributed by atoms with Crippen molar-refractivity contribution in [3.05, 3.63) is 48.0 Å². The number of tetrazole rings is 1. The average Bonchev–Trinajstić information content (AvgIpc) is 3.24. The summed E-state index contributed by atoms with van der Waals surface area (Å²) in [4.78, 5) is -0.0977. The number of hydrogen-bond donors (Lipinski definition) is 5. The summed E-state index contributed by atoms with van der Waals surface area (Å²) in [5.41, 5.74) is 7.26. The molecule has 2 unspecified atom stereocenters. The Bertz CT molecular complexity index is 1130. The van der Waals surface area contributed by atoms with Gasteiger partial charge in [-0.25, -0.2) is 13.6 Å². The molecule has 0 aliphatic carbocycles. The smallest absolute Gasteiger partial charge is 0.238 e. The van der Waals surface area contributed by atoms with Crippen LogP contribution < -0.4 is 16.2 Å². The van der Waals surface area contributed by atoms with Gasteiger partial charge in [0.1, 0.15) is 5.60 Å². The van der Waals surface area contributed by atoms with Gasteiger partial charge in [-0.2, -0.15) is 5.21 Å². The van der Waals surface area contributed by atoms with Crippen LogP contribution in [0.25, 0.3) is 22.5 Å². The number of H-pyrrole nitrogens is 1. The number of sulfonamides is 1. The topological polar surface area (TPSA) is 173 Å². The first kappa shape index (κ1) is 25.1. The lowest BCUT2D eigenvalue weighted by Gasteiger charge is -2.38. The van der Waals surface area contributed by atoms with Crippen LogP contribution in [0.15, 0.2) is 47.4 Å². The van der Waals surface area contributed by atoms with Crippen molar-refractivity contribution in [2.24, 2.45) is 10.9 Å². The molecule has 1 aromatic heterocycles. The van der Waals surface area contributed by atoms with Crippen molar-refractivity contribution in [1.29, 1.82) is 0 Å². The molecule has 1 fully saturated rings. The van der Waals surface area contributed by atoms with Gasteiger partial charge in [0.2, 0.25) is 15.8 Å². The van der Waals surface area contributed by atoms with Gasteiger partial charge in [-0.1, -0.05) is 36.4 Å². The van der Waals surface area contributed by atoms with E-state index in [4.69, 9.17) is 10.9 Å². The molecule has 0 bridgehead atoms. The maximum Gasteiger partial charge on any atom is 0.238 e. The lowest BCUT2D eigenvalue weighted by molar-refractivity contribution is -0.0123. The molecular formula is C18H23Cl2N7O3S. The van der Waals surface area contributed by atoms with E-state index in [0.29, 0.717) is 36.2 Å². The molecule has 1 saturated heterocycles. The normalized spacial score (nSPS) is 21.1. The molecule has 2 heterocycles. The lowest BCUT2D eigenvalue weighted by Crippen LogP contribution is -2.56. The fourth-order valence-corrected chi connectivity index (χ4v) is 4.45. The van der Waals surface area contributed by atoms with E-state index >= 15 is 0 Å². The second-order valence-corrected chi connectivity index (χ2v) is 8.55. The largest absolute Gasteiger partial charge is 0.383 e. The quantitative estimate of drug-likeness (QED) is 0.354. The monoisotopic (exact) mass is 487 g/mol. The number of aliphatic hydroxyl groups is 1. The van der Waals surface area contributed by atoms with Crippen molar-refractivity contribution >= 4 is 34.8 Å². The van der Waals surface area contributed by atoms with Gasteiger partial charge in [0.15, 0.2) is 0 Å². The van der Waals surface area contributed by atoms with Crippen LogP contribution in [0, 0.1) is 0 Å². The molecule has 0 saturated carbocycles. The van der Waals surface area contributed by atoms with Gasteiger partial charge >= 0.3 is 0 Å². The van der Waals surface area contributed by atoms with Crippen molar-refractivity contribution in [3.63, 3.8) is 0 Å². The van der Waals surface area contributed by atoms with E-state index in [9.17, 15) is 13.5 Å². The van der Waals surface area contributed by atoms with Crippen molar-refractivity contribution in [2.45, 2.75) is 23.0 Å². The number of aromatic nitrogens is 4. The summed E-state index contributed by atoms with van der Waals surface area (Å²) in [5.74, 6) is 0.118. The minimum absolute atomic E-state index is 0. The van der Waals surface area contributed by atoms with Crippen molar-refractivity contribution in [1.82, 2.24) is 25.9 Å². The van der Waals surface area contributed by atoms with E-state index < -0.39 is 21.7 Å². The highest BCUT2D eigenvalue weighted by atomic mass is 35.5. The maximum absolute atomic E-state index is 12.1. The number of nitrogens with one attached hydrogen (secondary N) is 2. The minimum atomic E-state index is -4.02. The Morgan fingerprint density at radius 2 is 1.84 bits per heavy atom. The fraction of sp³-hybridized carbons (Fsp3) is 0.278. The molecule has 168 valence electrons. The zero-order valence-corrected chi connectivity index (χ0v) is 18.7. The lowest BCUT2D eigenvalue weighted by atomic mass is 9.81. The summed E-state index contributed by atoms with van der Waals surface area (Å²) < 4.78 is 24.2. The van der Waals surface area contributed by atoms with E-state index in [1.807, 2.05) is 0 Å². The summed E-state index contributed by atoms with van der Waals surface area (Å²) in [6.45, 7) is 1.20. The van der Waals surface area contributed by atoms with Crippen molar-refractivity contribution in [3.8, 4) is 22.5 Å². The van der Waals surface area contributed by atoms with Gasteiger partial charge in [-0.15, -0.1) is 35.0 Å². The Labute approximate surface area is 191 Å². The molecule has 0 radical (unpaired) electrons. The molecule has 4 rings (SSSR count). The molecule has 0 spiro atoms. The molecule has 0 amide bonds. The van der Waals surface area contributed by atoms with E-state index in [1.165, 1.54) is 6.07 Å². The third kappa shape index (κ3) is 4.72. The third-order valence-corrected chi connectivity index (χ3v) is 6.21. The number of aromatic amines is 1. The number of piperidine rings is 1. The number of halogens is 2. The minimum Gasteiger partial charge on any atom is -0.383 e. The van der Waals surface area contributed by atoms with Crippen LogP contribution >= 0.6 is 24.8 Å². The fourth-order valence-electron chi connectivity index (χ4n) is 3.69. The second-order valence-electron chi connectivity index (χ2n) is 7.02. The van der Waals surface area contributed by atoms with E-state index in [1.54, 1.807) is 36.4 Å². The van der Waals surface area contributed by atoms with Crippen molar-refractivity contribution < 1.29 is 13.5 Å². The highest BCUT2D eigenvalue weighted by molar-refractivity contribution is 7.89. The first-order valence-electron chi connectivity index (χ1n) is 9.00. The SMILES string of the molecule is Cl.Cl.NC1CNCCC1(O)c1ccc(-c2cccc(S(N)(=O)=O)c2-c2nn[nH]n2)cc1. The maximum atomic E-state index is 12.1. The number of primary sulfonamides is 1. The summed E-state index contributed by atoms with van der Waals surface area (Å²) in [6, 6.07) is 11.5. The standard InChI is InChI=1S/C18H21N7O3S.2ClH/c19-15-10-21-9-8-18(15,26)12-6-4-11(5-7-12)13-2-1-3-14(29(20,27)28)16(13)17-22-24-25-23-17;;/h1-7,15,21,26H,8-10,19H2,(H2,20,27,28)(H,22,23,24,25);2*1H. The molecule has 1 aliphatic heterocycles. The van der Waals surface area contributed by atoms with Crippen LogP contribution in [0.4, 0.5) is 0 Å². The summed E-state index contributed by atoms with van der Waals surface area (Å²) >= 11 is 0. The van der Waals surface area contributed by atoms with Gasteiger partial charge < -0.3 is 16.2 Å². The highest BCUT2D eigenvalue weighted by Gasteiger charge is 2.38. The Morgan fingerprint density at radius 3 is 2.42 bits per heavy atom. The number of rotatable bonds is 4. The van der Waals surface area contributed by atoms with Gasteiger partial charge in [-0.05, 0) is 40.9 Å². The van der Waals surface area contributed by atoms with Crippen LogP contribution in [0.5, 0.6) is 0 Å². The molecule has 2 aromatic carbocycles. The molecular weight excluding hydrogens is 465 g/mol. The van der Waals surface area contributed by atoms with Crippen LogP contribution in [0.1, 0.15) is 12.0 Å². The van der Waals surface area contributed by atoms with Gasteiger partial charge in [0.05, 0.1) is 16.5 Å². The summed E-state index contributed by atoms with van der Waals surface area (Å²) in [5, 5.41) is 33.3. The summed E-state index contributed by atoms with van der Waals surface area (Å²) in [7, 11) is -4.02. The van der Waals surface area contributed by atoms with Crippen LogP contribution in [0.3, 0.4) is 0 Å². The van der Waals surface area contributed by atoms with E-state index in [-0.39, 0.29) is 41.1 Å². The number of nitrogens with two attached hydrogens (primary N) is 2. The Morgan fingerprint density at radius 1 is 1.13 bits per heavy atom. The predicted molar refractivity (Wildman–Crippen MR) is 120 cm³/mol. The molecule has 1 aliphatic rings. The third-order valence-electron chi connectivity index (χ3n) is 5.26. The van der Waals surface area contributed by atoms with Crippen LogP contribution in [-0.2, 0) is 15.6 Å². The first-order valence-corrected chi connectivity index (χ1v) is 10.5. The van der Waals surface area contributed by atoms with Crippen LogP contribution in [0.2, 0.25) is 0 Å². The van der Waals surface area contributed by atoms with Gasteiger partial charge in [0.25, 0.3) is 0 Å². The molecule has 10 nitrogen and oxygen atoms in total. The summed E-state index contributed by atoms with van der Waals surface area (Å²) in [6.07, 6.45) is 0.503. The second kappa shape index (κ2) is 9.57. The van der Waals surface area contributed by atoms with E-state index in [0.717, 1.165) is 0 Å². The number of nitrogens with zero attached hydrogens (tertiary/aromatic N) is 3. The molecule has 2 atom stereocenters. The molecule has 7 N–H and O–H groups in total. The van der Waals surface area contributed by atoms with E-state index in [2.05, 4.69) is 25.9 Å². The predicted octanol–water partition coefficient (Wildman–Crippen LogP) is 0.533. The zero-order valence-electron chi connectivity index (χ0n) is 16.2. The van der Waals surface area contributed by atoms with Crippen molar-refractivity contribution in [2.75, 3.05) is 13.1 Å². The Balaban J connectivity index is 0.00000171. The number of hydrogen-bond acceptors (Lipinski definition) is 8. The number of benzene rings is 2. The average molecular weight is 488 g/mol. The molecule has 3 aromatic rings. The Kier molecular flexibility index (Phi) is 7.76. The first-order chi connectivity index (χ1) is 13.8.